The van der Waals surface area contributed by atoms with Gasteiger partial charge in [0.1, 0.15) is 11.9 Å². The lowest BCUT2D eigenvalue weighted by Gasteiger charge is -2.35. The molecule has 10 heteroatoms. The molecule has 2 saturated heterocycles. The Morgan fingerprint density at radius 3 is 2.45 bits per heavy atom. The second kappa shape index (κ2) is 11.9. The highest BCUT2D eigenvalue weighted by Gasteiger charge is 2.20. The molecule has 38 heavy (non-hydrogen) atoms. The molecule has 0 atom stereocenters. The van der Waals surface area contributed by atoms with E-state index < -0.39 is 0 Å². The maximum atomic E-state index is 9.62. The smallest absolute Gasteiger partial charge is 0.212 e. The summed E-state index contributed by atoms with van der Waals surface area (Å²) in [7, 11) is 1.63. The van der Waals surface area contributed by atoms with Gasteiger partial charge in [-0.15, -0.1) is 0 Å². The van der Waals surface area contributed by atoms with Crippen molar-refractivity contribution in [1.29, 1.82) is 5.26 Å². The van der Waals surface area contributed by atoms with Crippen LogP contribution < -0.4 is 20.3 Å². The van der Waals surface area contributed by atoms with Crippen LogP contribution in [0.1, 0.15) is 11.3 Å². The lowest BCUT2D eigenvalue weighted by molar-refractivity contribution is 0.122. The van der Waals surface area contributed by atoms with Crippen LogP contribution in [-0.2, 0) is 11.3 Å². The number of piperazine rings is 1. The molecule has 2 fully saturated rings. The SMILES string of the molecule is COc1ccc(CN2CCN(c3ccc(-c4cc(N5CCOCC5)cnc4C(C#N)=CN)cn3)CC2)cn1. The largest absolute Gasteiger partial charge is 0.481 e. The Morgan fingerprint density at radius 2 is 1.82 bits per heavy atom. The van der Waals surface area contributed by atoms with Gasteiger partial charge in [-0.3, -0.25) is 9.88 Å². The maximum absolute atomic E-state index is 9.62. The molecule has 2 aliphatic heterocycles. The van der Waals surface area contributed by atoms with Crippen LogP contribution in [0.3, 0.4) is 0 Å². The molecular weight excluding hydrogens is 480 g/mol. The minimum Gasteiger partial charge on any atom is -0.481 e. The van der Waals surface area contributed by atoms with Crippen LogP contribution in [0.15, 0.2) is 55.1 Å². The standard InChI is InChI=1S/C28H32N8O2/c1-37-27-5-2-21(17-32-27)20-34-6-8-36(9-7-34)26-4-3-22(18-31-26)25-14-24(35-10-12-38-13-11-35)19-33-28(25)23(15-29)16-30/h2-5,14-15,17-19H,6-13,20,29H2,1H3. The molecule has 196 valence electrons. The van der Waals surface area contributed by atoms with Crippen LogP contribution in [0, 0.1) is 11.3 Å². The second-order valence-corrected chi connectivity index (χ2v) is 9.26. The summed E-state index contributed by atoms with van der Waals surface area (Å²) in [6.45, 7) is 7.51. The van der Waals surface area contributed by atoms with E-state index in [2.05, 4.69) is 42.9 Å². The van der Waals surface area contributed by atoms with Crippen LogP contribution in [0.25, 0.3) is 16.7 Å². The molecule has 5 heterocycles. The number of methoxy groups -OCH3 is 1. The van der Waals surface area contributed by atoms with Gasteiger partial charge in [0.05, 0.1) is 43.5 Å². The minimum absolute atomic E-state index is 0.334. The van der Waals surface area contributed by atoms with E-state index in [4.69, 9.17) is 20.2 Å². The van der Waals surface area contributed by atoms with Gasteiger partial charge in [-0.25, -0.2) is 9.97 Å². The van der Waals surface area contributed by atoms with Gasteiger partial charge >= 0.3 is 0 Å². The van der Waals surface area contributed by atoms with Crippen LogP contribution in [0.2, 0.25) is 0 Å². The third-order valence-electron chi connectivity index (χ3n) is 6.96. The third-order valence-corrected chi connectivity index (χ3v) is 6.96. The van der Waals surface area contributed by atoms with Crippen LogP contribution in [-0.4, -0.2) is 79.4 Å². The van der Waals surface area contributed by atoms with E-state index in [1.165, 1.54) is 11.8 Å². The highest BCUT2D eigenvalue weighted by atomic mass is 16.5. The second-order valence-electron chi connectivity index (χ2n) is 9.26. The van der Waals surface area contributed by atoms with E-state index >= 15 is 0 Å². The molecule has 5 rings (SSSR count). The van der Waals surface area contributed by atoms with Gasteiger partial charge in [0, 0.05) is 81.6 Å². The topological polar surface area (TPSA) is 117 Å². The molecular formula is C28H32N8O2. The molecule has 10 nitrogen and oxygen atoms in total. The number of nitrogens with two attached hydrogens (primary N) is 1. The van der Waals surface area contributed by atoms with Crippen molar-refractivity contribution in [3.63, 3.8) is 0 Å². The Hall–Kier alpha value is -4.20. The summed E-state index contributed by atoms with van der Waals surface area (Å²) in [6.07, 6.45) is 6.85. The number of morpholine rings is 1. The van der Waals surface area contributed by atoms with Crippen molar-refractivity contribution < 1.29 is 9.47 Å². The van der Waals surface area contributed by atoms with Gasteiger partial charge in [0.25, 0.3) is 0 Å². The van der Waals surface area contributed by atoms with E-state index in [0.717, 1.165) is 68.4 Å². The number of hydrogen-bond acceptors (Lipinski definition) is 10. The number of allylic oxidation sites excluding steroid dienone is 1. The quantitative estimate of drug-likeness (QED) is 0.473. The van der Waals surface area contributed by atoms with E-state index in [-0.39, 0.29) is 0 Å². The van der Waals surface area contributed by atoms with Gasteiger partial charge in [0.2, 0.25) is 5.88 Å². The van der Waals surface area contributed by atoms with Crippen molar-refractivity contribution in [3.8, 4) is 23.1 Å². The summed E-state index contributed by atoms with van der Waals surface area (Å²) in [6, 6.07) is 12.3. The van der Waals surface area contributed by atoms with Crippen molar-refractivity contribution in [2.45, 2.75) is 6.54 Å². The molecule has 0 unspecified atom stereocenters. The summed E-state index contributed by atoms with van der Waals surface area (Å²) in [4.78, 5) is 20.7. The van der Waals surface area contributed by atoms with Gasteiger partial charge < -0.3 is 25.0 Å². The molecule has 0 saturated carbocycles. The highest BCUT2D eigenvalue weighted by Crippen LogP contribution is 2.31. The predicted octanol–water partition coefficient (Wildman–Crippen LogP) is 2.53. The first kappa shape index (κ1) is 25.4. The monoisotopic (exact) mass is 512 g/mol. The lowest BCUT2D eigenvalue weighted by atomic mass is 10.0. The first-order valence-electron chi connectivity index (χ1n) is 12.8. The minimum atomic E-state index is 0.334. The number of nitriles is 1. The molecule has 2 N–H and O–H groups in total. The normalized spacial score (nSPS) is 16.8. The molecule has 2 aliphatic rings. The lowest BCUT2D eigenvalue weighted by Crippen LogP contribution is -2.46. The Kier molecular flexibility index (Phi) is 7.97. The zero-order chi connectivity index (χ0) is 26.3. The summed E-state index contributed by atoms with van der Waals surface area (Å²) < 4.78 is 10.6. The van der Waals surface area contributed by atoms with Gasteiger partial charge in [0.15, 0.2) is 0 Å². The fourth-order valence-corrected chi connectivity index (χ4v) is 4.80. The molecule has 3 aromatic heterocycles. The van der Waals surface area contributed by atoms with Gasteiger partial charge in [-0.05, 0) is 23.8 Å². The molecule has 0 aromatic carbocycles. The number of nitrogens with zero attached hydrogens (tertiary/aromatic N) is 7. The fourth-order valence-electron chi connectivity index (χ4n) is 4.80. The number of aromatic nitrogens is 3. The van der Waals surface area contributed by atoms with Crippen LogP contribution >= 0.6 is 0 Å². The molecule has 0 aliphatic carbocycles. The predicted molar refractivity (Wildman–Crippen MR) is 147 cm³/mol. The fraction of sp³-hybridized carbons (Fsp3) is 0.357. The van der Waals surface area contributed by atoms with Gasteiger partial charge in [-0.2, -0.15) is 5.26 Å². The first-order valence-corrected chi connectivity index (χ1v) is 12.8. The first-order chi connectivity index (χ1) is 18.7. The number of hydrogen-bond donors (Lipinski definition) is 1. The summed E-state index contributed by atoms with van der Waals surface area (Å²) in [5.74, 6) is 1.57. The molecule has 0 radical (unpaired) electrons. The Morgan fingerprint density at radius 1 is 1.00 bits per heavy atom. The van der Waals surface area contributed by atoms with Crippen LogP contribution in [0.4, 0.5) is 11.5 Å². The summed E-state index contributed by atoms with van der Waals surface area (Å²) in [5, 5.41) is 9.62. The number of rotatable bonds is 7. The zero-order valence-corrected chi connectivity index (χ0v) is 21.6. The van der Waals surface area contributed by atoms with E-state index in [1.807, 2.05) is 30.6 Å². The average molecular weight is 513 g/mol. The molecule has 0 spiro atoms. The Bertz CT molecular complexity index is 1290. The third kappa shape index (κ3) is 5.69. The summed E-state index contributed by atoms with van der Waals surface area (Å²) in [5.41, 5.74) is 10.5. The molecule has 3 aromatic rings. The van der Waals surface area contributed by atoms with Crippen LogP contribution in [0.5, 0.6) is 5.88 Å². The van der Waals surface area contributed by atoms with Crippen molar-refractivity contribution >= 4 is 17.1 Å². The molecule has 0 bridgehead atoms. The number of pyridine rings is 3. The average Bonchev–Trinajstić information content (AvgIpc) is 2.99. The van der Waals surface area contributed by atoms with E-state index in [9.17, 15) is 5.26 Å². The van der Waals surface area contributed by atoms with Crippen molar-refractivity contribution in [2.75, 3.05) is 69.4 Å². The summed E-state index contributed by atoms with van der Waals surface area (Å²) >= 11 is 0. The van der Waals surface area contributed by atoms with Gasteiger partial charge in [-0.1, -0.05) is 6.07 Å². The number of anilines is 2. The Balaban J connectivity index is 1.29. The molecule has 0 amide bonds. The Labute approximate surface area is 222 Å². The van der Waals surface area contributed by atoms with Crippen molar-refractivity contribution in [1.82, 2.24) is 19.9 Å². The van der Waals surface area contributed by atoms with E-state index in [1.54, 1.807) is 13.3 Å². The highest BCUT2D eigenvalue weighted by molar-refractivity contribution is 5.86. The number of ether oxygens (including phenoxy) is 2. The zero-order valence-electron chi connectivity index (χ0n) is 21.6. The van der Waals surface area contributed by atoms with E-state index in [0.29, 0.717) is 30.4 Å². The maximum Gasteiger partial charge on any atom is 0.212 e. The van der Waals surface area contributed by atoms with Crippen molar-refractivity contribution in [3.05, 3.63) is 66.4 Å². The van der Waals surface area contributed by atoms with Crippen molar-refractivity contribution in [2.24, 2.45) is 5.73 Å².